The summed E-state index contributed by atoms with van der Waals surface area (Å²) in [5.41, 5.74) is 0. The largest absolute Gasteiger partial charge is 0.378 e. The molecule has 0 aromatic rings. The van der Waals surface area contributed by atoms with Crippen molar-refractivity contribution >= 4 is 6.03 Å². The minimum Gasteiger partial charge on any atom is -0.378 e. The van der Waals surface area contributed by atoms with Crippen molar-refractivity contribution in [3.05, 3.63) is 0 Å². The molecule has 0 atom stereocenters. The normalized spacial score (nSPS) is 24.5. The van der Waals surface area contributed by atoms with E-state index in [2.05, 4.69) is 5.32 Å². The van der Waals surface area contributed by atoms with Crippen LogP contribution in [-0.4, -0.2) is 42.8 Å². The van der Waals surface area contributed by atoms with Gasteiger partial charge >= 0.3 is 6.03 Å². The molecule has 1 aliphatic carbocycles. The summed E-state index contributed by atoms with van der Waals surface area (Å²) in [6.45, 7) is 8.29. The predicted octanol–water partition coefficient (Wildman–Crippen LogP) is 1.61. The molecule has 0 heterocycles. The minimum atomic E-state index is 0.0555. The Morgan fingerprint density at radius 2 is 1.93 bits per heavy atom. The molecule has 0 aromatic carbocycles. The van der Waals surface area contributed by atoms with Crippen LogP contribution in [0.3, 0.4) is 0 Å². The van der Waals surface area contributed by atoms with E-state index in [0.29, 0.717) is 12.1 Å². The second kappa shape index (κ2) is 5.95. The van der Waals surface area contributed by atoms with Gasteiger partial charge in [-0.1, -0.05) is 0 Å². The smallest absolute Gasteiger partial charge is 0.317 e. The van der Waals surface area contributed by atoms with Crippen molar-refractivity contribution in [2.24, 2.45) is 0 Å². The number of rotatable bonds is 5. The van der Waals surface area contributed by atoms with Crippen molar-refractivity contribution in [2.75, 3.05) is 19.7 Å². The second-order valence-electron chi connectivity index (χ2n) is 3.87. The fourth-order valence-corrected chi connectivity index (χ4v) is 1.83. The summed E-state index contributed by atoms with van der Waals surface area (Å²) in [4.78, 5) is 13.4. The second-order valence-corrected chi connectivity index (χ2v) is 3.87. The highest BCUT2D eigenvalue weighted by atomic mass is 16.5. The van der Waals surface area contributed by atoms with Crippen molar-refractivity contribution in [3.63, 3.8) is 0 Å². The van der Waals surface area contributed by atoms with Crippen LogP contribution in [-0.2, 0) is 4.74 Å². The zero-order valence-electron chi connectivity index (χ0n) is 9.95. The van der Waals surface area contributed by atoms with Crippen LogP contribution < -0.4 is 5.32 Å². The van der Waals surface area contributed by atoms with Crippen molar-refractivity contribution in [2.45, 2.75) is 45.8 Å². The number of hydrogen-bond donors (Lipinski definition) is 1. The van der Waals surface area contributed by atoms with Gasteiger partial charge in [-0.2, -0.15) is 0 Å². The van der Waals surface area contributed by atoms with Crippen LogP contribution in [0.1, 0.15) is 33.6 Å². The van der Waals surface area contributed by atoms with E-state index in [4.69, 9.17) is 4.74 Å². The molecule has 0 aromatic heterocycles. The van der Waals surface area contributed by atoms with E-state index < -0.39 is 0 Å². The topological polar surface area (TPSA) is 41.6 Å². The van der Waals surface area contributed by atoms with Crippen LogP contribution in [0, 0.1) is 0 Å². The van der Waals surface area contributed by atoms with E-state index in [-0.39, 0.29) is 6.03 Å². The van der Waals surface area contributed by atoms with Gasteiger partial charge in [0, 0.05) is 25.7 Å². The third kappa shape index (κ3) is 3.38. The molecule has 0 aliphatic heterocycles. The summed E-state index contributed by atoms with van der Waals surface area (Å²) in [5, 5.41) is 3.01. The zero-order chi connectivity index (χ0) is 11.3. The van der Waals surface area contributed by atoms with Crippen molar-refractivity contribution < 1.29 is 9.53 Å². The van der Waals surface area contributed by atoms with E-state index in [1.54, 1.807) is 4.90 Å². The van der Waals surface area contributed by atoms with Gasteiger partial charge in [0.1, 0.15) is 0 Å². The maximum absolute atomic E-state index is 11.6. The Balaban J connectivity index is 2.18. The summed E-state index contributed by atoms with van der Waals surface area (Å²) in [5.74, 6) is 0. The quantitative estimate of drug-likeness (QED) is 0.755. The first-order chi connectivity index (χ1) is 7.21. The molecule has 88 valence electrons. The molecule has 1 rings (SSSR count). The molecule has 1 N–H and O–H groups in total. The van der Waals surface area contributed by atoms with Crippen LogP contribution in [0.5, 0.6) is 0 Å². The molecule has 2 amide bonds. The lowest BCUT2D eigenvalue weighted by molar-refractivity contribution is -0.00798. The van der Waals surface area contributed by atoms with Gasteiger partial charge in [-0.15, -0.1) is 0 Å². The van der Waals surface area contributed by atoms with Crippen LogP contribution in [0.4, 0.5) is 4.79 Å². The highest BCUT2D eigenvalue weighted by Gasteiger charge is 2.31. The molecule has 0 saturated heterocycles. The lowest BCUT2D eigenvalue weighted by atomic mass is 9.89. The first-order valence-electron chi connectivity index (χ1n) is 5.88. The van der Waals surface area contributed by atoms with Gasteiger partial charge in [0.05, 0.1) is 6.10 Å². The van der Waals surface area contributed by atoms with Crippen LogP contribution in [0.2, 0.25) is 0 Å². The molecular formula is C11H22N2O2. The Morgan fingerprint density at radius 3 is 2.40 bits per heavy atom. The first-order valence-corrected chi connectivity index (χ1v) is 5.88. The highest BCUT2D eigenvalue weighted by Crippen LogP contribution is 2.23. The average molecular weight is 214 g/mol. The number of carbonyl (C=O) groups excluding carboxylic acids is 1. The van der Waals surface area contributed by atoms with Crippen molar-refractivity contribution in [1.82, 2.24) is 10.2 Å². The van der Waals surface area contributed by atoms with Gasteiger partial charge in [0.2, 0.25) is 0 Å². The summed E-state index contributed by atoms with van der Waals surface area (Å²) in [7, 11) is 0. The molecule has 15 heavy (non-hydrogen) atoms. The maximum Gasteiger partial charge on any atom is 0.317 e. The lowest BCUT2D eigenvalue weighted by Gasteiger charge is -2.36. The molecule has 4 nitrogen and oxygen atoms in total. The number of carbonyl (C=O) groups is 1. The molecule has 1 saturated carbocycles. The third-order valence-electron chi connectivity index (χ3n) is 2.88. The summed E-state index contributed by atoms with van der Waals surface area (Å²) >= 11 is 0. The van der Waals surface area contributed by atoms with Gasteiger partial charge < -0.3 is 15.0 Å². The van der Waals surface area contributed by atoms with Gasteiger partial charge in [0.25, 0.3) is 0 Å². The van der Waals surface area contributed by atoms with Gasteiger partial charge in [-0.3, -0.25) is 0 Å². The van der Waals surface area contributed by atoms with Crippen LogP contribution in [0.15, 0.2) is 0 Å². The predicted molar refractivity (Wildman–Crippen MR) is 59.9 cm³/mol. The number of amides is 2. The van der Waals surface area contributed by atoms with Gasteiger partial charge in [-0.05, 0) is 33.6 Å². The van der Waals surface area contributed by atoms with Gasteiger partial charge in [-0.25, -0.2) is 4.79 Å². The van der Waals surface area contributed by atoms with Gasteiger partial charge in [0.15, 0.2) is 0 Å². The van der Waals surface area contributed by atoms with Crippen molar-refractivity contribution in [3.8, 4) is 0 Å². The van der Waals surface area contributed by atoms with Crippen molar-refractivity contribution in [1.29, 1.82) is 0 Å². The minimum absolute atomic E-state index is 0.0555. The molecule has 1 fully saturated rings. The molecule has 0 unspecified atom stereocenters. The molecule has 0 radical (unpaired) electrons. The third-order valence-corrected chi connectivity index (χ3v) is 2.88. The van der Waals surface area contributed by atoms with Crippen LogP contribution in [0.25, 0.3) is 0 Å². The fraction of sp³-hybridized carbons (Fsp3) is 0.909. The van der Waals surface area contributed by atoms with E-state index in [9.17, 15) is 4.79 Å². The Kier molecular flexibility index (Phi) is 4.88. The van der Waals surface area contributed by atoms with Crippen LogP contribution >= 0.6 is 0 Å². The molecule has 1 aliphatic rings. The molecule has 4 heteroatoms. The number of nitrogens with one attached hydrogen (secondary N) is 1. The van der Waals surface area contributed by atoms with E-state index in [0.717, 1.165) is 32.5 Å². The lowest BCUT2D eigenvalue weighted by Crippen LogP contribution is -2.52. The SMILES string of the molecule is CCOC1CC(NC(=O)N(CC)CC)C1. The average Bonchev–Trinajstić information content (AvgIpc) is 2.16. The Hall–Kier alpha value is -0.770. The number of ether oxygens (including phenoxy) is 1. The molecular weight excluding hydrogens is 192 g/mol. The highest BCUT2D eigenvalue weighted by molar-refractivity contribution is 5.74. The van der Waals surface area contributed by atoms with E-state index in [1.807, 2.05) is 20.8 Å². The summed E-state index contributed by atoms with van der Waals surface area (Å²) in [6.07, 6.45) is 2.28. The summed E-state index contributed by atoms with van der Waals surface area (Å²) in [6, 6.07) is 0.370. The first kappa shape index (κ1) is 12.3. The number of hydrogen-bond acceptors (Lipinski definition) is 2. The molecule has 0 bridgehead atoms. The molecule has 0 spiro atoms. The Labute approximate surface area is 92.0 Å². The summed E-state index contributed by atoms with van der Waals surface area (Å²) < 4.78 is 5.44. The zero-order valence-corrected chi connectivity index (χ0v) is 9.95. The Morgan fingerprint density at radius 1 is 1.33 bits per heavy atom. The van der Waals surface area contributed by atoms with E-state index in [1.165, 1.54) is 0 Å². The van der Waals surface area contributed by atoms with E-state index >= 15 is 0 Å². The number of urea groups is 1. The fourth-order valence-electron chi connectivity index (χ4n) is 1.83. The maximum atomic E-state index is 11.6. The number of nitrogens with zero attached hydrogens (tertiary/aromatic N) is 1. The Bertz CT molecular complexity index is 199. The standard InChI is InChI=1S/C11H22N2O2/c1-4-13(5-2)11(14)12-9-7-10(8-9)15-6-3/h9-10H,4-8H2,1-3H3,(H,12,14). The monoisotopic (exact) mass is 214 g/mol.